The molecule has 1 amide bonds. The highest BCUT2D eigenvalue weighted by atomic mass is 16.2. The van der Waals surface area contributed by atoms with Crippen LogP contribution in [0.2, 0.25) is 0 Å². The molecule has 20 heavy (non-hydrogen) atoms. The van der Waals surface area contributed by atoms with Crippen molar-refractivity contribution in [1.29, 1.82) is 0 Å². The topological polar surface area (TPSA) is 72.1 Å². The van der Waals surface area contributed by atoms with E-state index in [2.05, 4.69) is 10.2 Å². The second kappa shape index (κ2) is 3.99. The first-order valence-corrected chi connectivity index (χ1v) is 6.96. The Morgan fingerprint density at radius 3 is 2.95 bits per heavy atom. The molecule has 0 radical (unpaired) electrons. The molecule has 1 aliphatic carbocycles. The summed E-state index contributed by atoms with van der Waals surface area (Å²) >= 11 is 0. The molecule has 2 aromatic rings. The Morgan fingerprint density at radius 2 is 2.25 bits per heavy atom. The van der Waals surface area contributed by atoms with E-state index in [1.165, 1.54) is 0 Å². The Balaban J connectivity index is 1.71. The van der Waals surface area contributed by atoms with Gasteiger partial charge in [-0.15, -0.1) is 5.10 Å². The summed E-state index contributed by atoms with van der Waals surface area (Å²) in [5.41, 5.74) is 6.58. The standard InChI is InChI=1S/C15H16N4O/c16-15-6-5-11(15)8-19(9-15)14(20)13-12-4-2-1-3-10(12)7-17-18-13/h1-4,7,11H,5-6,8-9,16H2/t11-,15-/m0/s1. The van der Waals surface area contributed by atoms with Gasteiger partial charge < -0.3 is 10.6 Å². The maximum Gasteiger partial charge on any atom is 0.275 e. The maximum absolute atomic E-state index is 12.7. The van der Waals surface area contributed by atoms with Gasteiger partial charge in [0.05, 0.1) is 6.20 Å². The lowest BCUT2D eigenvalue weighted by molar-refractivity contribution is 0.0780. The number of carbonyl (C=O) groups is 1. The number of aromatic nitrogens is 2. The molecule has 1 aliphatic heterocycles. The molecule has 102 valence electrons. The summed E-state index contributed by atoms with van der Waals surface area (Å²) in [6.45, 7) is 1.39. The number of likely N-dealkylation sites (tertiary alicyclic amines) is 1. The van der Waals surface area contributed by atoms with Gasteiger partial charge in [0.25, 0.3) is 5.91 Å². The minimum absolute atomic E-state index is 0.0477. The Hall–Kier alpha value is -2.01. The number of fused-ring (bicyclic) bond motifs is 2. The van der Waals surface area contributed by atoms with Gasteiger partial charge in [-0.1, -0.05) is 24.3 Å². The molecule has 1 saturated heterocycles. The smallest absolute Gasteiger partial charge is 0.275 e. The summed E-state index contributed by atoms with van der Waals surface area (Å²) in [4.78, 5) is 14.5. The monoisotopic (exact) mass is 268 g/mol. The molecular formula is C15H16N4O. The van der Waals surface area contributed by atoms with E-state index in [0.717, 1.165) is 30.2 Å². The van der Waals surface area contributed by atoms with Crippen LogP contribution in [-0.4, -0.2) is 39.6 Å². The molecule has 1 aromatic heterocycles. The third-order valence-corrected chi connectivity index (χ3v) is 4.76. The van der Waals surface area contributed by atoms with Crippen molar-refractivity contribution in [3.63, 3.8) is 0 Å². The van der Waals surface area contributed by atoms with Crippen LogP contribution in [0.25, 0.3) is 10.8 Å². The molecule has 5 heteroatoms. The number of carbonyl (C=O) groups excluding carboxylic acids is 1. The summed E-state index contributed by atoms with van der Waals surface area (Å²) in [6.07, 6.45) is 3.83. The number of amides is 1. The predicted molar refractivity (Wildman–Crippen MR) is 75.1 cm³/mol. The van der Waals surface area contributed by atoms with E-state index < -0.39 is 0 Å². The zero-order valence-corrected chi connectivity index (χ0v) is 11.1. The minimum Gasteiger partial charge on any atom is -0.335 e. The summed E-state index contributed by atoms with van der Waals surface area (Å²) in [6, 6.07) is 7.71. The van der Waals surface area contributed by atoms with Crippen molar-refractivity contribution in [2.75, 3.05) is 13.1 Å². The van der Waals surface area contributed by atoms with Crippen molar-refractivity contribution in [3.05, 3.63) is 36.2 Å². The highest BCUT2D eigenvalue weighted by Gasteiger charge is 2.51. The van der Waals surface area contributed by atoms with Crippen molar-refractivity contribution in [3.8, 4) is 0 Å². The number of nitrogens with two attached hydrogens (primary N) is 1. The molecule has 2 atom stereocenters. The Morgan fingerprint density at radius 1 is 1.40 bits per heavy atom. The zero-order valence-electron chi connectivity index (χ0n) is 11.1. The van der Waals surface area contributed by atoms with Crippen LogP contribution in [0.15, 0.2) is 30.5 Å². The lowest BCUT2D eigenvalue weighted by Gasteiger charge is -2.39. The third kappa shape index (κ3) is 1.56. The first-order chi connectivity index (χ1) is 9.67. The Labute approximate surface area is 116 Å². The van der Waals surface area contributed by atoms with Gasteiger partial charge in [-0.25, -0.2) is 0 Å². The molecule has 5 nitrogen and oxygen atoms in total. The molecular weight excluding hydrogens is 252 g/mol. The van der Waals surface area contributed by atoms with E-state index in [-0.39, 0.29) is 11.4 Å². The average molecular weight is 268 g/mol. The summed E-state index contributed by atoms with van der Waals surface area (Å²) < 4.78 is 0. The first-order valence-electron chi connectivity index (χ1n) is 6.96. The fourth-order valence-electron chi connectivity index (χ4n) is 3.38. The molecule has 1 saturated carbocycles. The van der Waals surface area contributed by atoms with Crippen LogP contribution in [-0.2, 0) is 0 Å². The second-order valence-corrected chi connectivity index (χ2v) is 5.93. The van der Waals surface area contributed by atoms with Crippen LogP contribution in [0.4, 0.5) is 0 Å². The van der Waals surface area contributed by atoms with Gasteiger partial charge in [0.15, 0.2) is 5.69 Å². The molecule has 4 rings (SSSR count). The van der Waals surface area contributed by atoms with Gasteiger partial charge in [0.2, 0.25) is 0 Å². The summed E-state index contributed by atoms with van der Waals surface area (Å²) in [5.74, 6) is 0.405. The molecule has 1 aromatic carbocycles. The van der Waals surface area contributed by atoms with Gasteiger partial charge in [0.1, 0.15) is 0 Å². The lowest BCUT2D eigenvalue weighted by atomic mass is 9.70. The zero-order chi connectivity index (χ0) is 13.7. The summed E-state index contributed by atoms with van der Waals surface area (Å²) in [7, 11) is 0. The fraction of sp³-hybridized carbons (Fsp3) is 0.400. The average Bonchev–Trinajstić information content (AvgIpc) is 2.70. The van der Waals surface area contributed by atoms with E-state index in [9.17, 15) is 4.79 Å². The van der Waals surface area contributed by atoms with Gasteiger partial charge in [-0.2, -0.15) is 5.10 Å². The van der Waals surface area contributed by atoms with Crippen molar-refractivity contribution in [1.82, 2.24) is 15.1 Å². The van der Waals surface area contributed by atoms with Crippen molar-refractivity contribution in [2.45, 2.75) is 18.4 Å². The van der Waals surface area contributed by atoms with Crippen LogP contribution < -0.4 is 5.73 Å². The highest BCUT2D eigenvalue weighted by molar-refractivity contribution is 6.04. The van der Waals surface area contributed by atoms with Crippen molar-refractivity contribution >= 4 is 16.7 Å². The normalized spacial score (nSPS) is 28.2. The van der Waals surface area contributed by atoms with Crippen LogP contribution >= 0.6 is 0 Å². The number of hydrogen-bond acceptors (Lipinski definition) is 4. The number of rotatable bonds is 1. The molecule has 2 aliphatic rings. The van der Waals surface area contributed by atoms with Crippen LogP contribution in [0.1, 0.15) is 23.3 Å². The second-order valence-electron chi connectivity index (χ2n) is 5.93. The van der Waals surface area contributed by atoms with Crippen molar-refractivity contribution < 1.29 is 4.79 Å². The number of benzene rings is 1. The molecule has 0 spiro atoms. The van der Waals surface area contributed by atoms with Gasteiger partial charge >= 0.3 is 0 Å². The quantitative estimate of drug-likeness (QED) is 0.843. The Kier molecular flexibility index (Phi) is 2.35. The lowest BCUT2D eigenvalue weighted by Crippen LogP contribution is -2.54. The predicted octanol–water partition coefficient (Wildman–Crippen LogP) is 1.19. The largest absolute Gasteiger partial charge is 0.335 e. The molecule has 0 unspecified atom stereocenters. The van der Waals surface area contributed by atoms with Crippen LogP contribution in [0, 0.1) is 5.92 Å². The van der Waals surface area contributed by atoms with Gasteiger partial charge in [-0.05, 0) is 18.8 Å². The SMILES string of the molecule is N[C@]12CC[C@H]1CN(C(=O)c1nncc3ccccc13)C2. The van der Waals surface area contributed by atoms with Gasteiger partial charge in [0, 0.05) is 29.4 Å². The number of nitrogens with zero attached hydrogens (tertiary/aromatic N) is 3. The van der Waals surface area contributed by atoms with E-state index in [1.807, 2.05) is 29.2 Å². The highest BCUT2D eigenvalue weighted by Crippen LogP contribution is 2.42. The molecule has 2 heterocycles. The van der Waals surface area contributed by atoms with Gasteiger partial charge in [-0.3, -0.25) is 4.79 Å². The minimum atomic E-state index is -0.159. The number of hydrogen-bond donors (Lipinski definition) is 1. The van der Waals surface area contributed by atoms with Crippen LogP contribution in [0.3, 0.4) is 0 Å². The Bertz CT molecular complexity index is 696. The molecule has 0 bridgehead atoms. The third-order valence-electron chi connectivity index (χ3n) is 4.76. The van der Waals surface area contributed by atoms with E-state index in [0.29, 0.717) is 18.2 Å². The summed E-state index contributed by atoms with van der Waals surface area (Å²) in [5, 5.41) is 9.81. The van der Waals surface area contributed by atoms with Crippen LogP contribution in [0.5, 0.6) is 0 Å². The maximum atomic E-state index is 12.7. The van der Waals surface area contributed by atoms with E-state index in [4.69, 9.17) is 5.73 Å². The van der Waals surface area contributed by atoms with E-state index >= 15 is 0 Å². The van der Waals surface area contributed by atoms with E-state index in [1.54, 1.807) is 6.20 Å². The molecule has 2 fully saturated rings. The fourth-order valence-corrected chi connectivity index (χ4v) is 3.38. The first kappa shape index (κ1) is 11.8. The molecule has 2 N–H and O–H groups in total. The van der Waals surface area contributed by atoms with Crippen molar-refractivity contribution in [2.24, 2.45) is 11.7 Å².